The summed E-state index contributed by atoms with van der Waals surface area (Å²) in [6, 6.07) is 6.67. The number of carbonyl (C=O) groups excluding carboxylic acids is 1. The number of rotatable bonds is 3. The van der Waals surface area contributed by atoms with Gasteiger partial charge in [-0.1, -0.05) is 39.0 Å². The minimum absolute atomic E-state index is 0.840. The van der Waals surface area contributed by atoms with Gasteiger partial charge < -0.3 is 0 Å². The summed E-state index contributed by atoms with van der Waals surface area (Å²) < 4.78 is 0.840. The summed E-state index contributed by atoms with van der Waals surface area (Å²) in [5.74, 6) is 0. The molecule has 81 valence electrons. The molecule has 0 spiro atoms. The second-order valence-electron chi connectivity index (χ2n) is 3.23. The maximum absolute atomic E-state index is 8.85. The molecule has 1 rings (SSSR count). The Morgan fingerprint density at radius 1 is 1.07 bits per heavy atom. The number of hydrogen-bond donors (Lipinski definition) is 0. The Labute approximate surface area is 106 Å². The van der Waals surface area contributed by atoms with Gasteiger partial charge in [-0.2, -0.15) is 0 Å². The van der Waals surface area contributed by atoms with Gasteiger partial charge >= 0.3 is 31.6 Å². The second-order valence-corrected chi connectivity index (χ2v) is 3.91. The fourth-order valence-electron chi connectivity index (χ4n) is 1.80. The number of aryl methyl sites for hydroxylation is 2. The molecule has 0 aliphatic rings. The molecule has 0 saturated carbocycles. The van der Waals surface area contributed by atoms with Crippen LogP contribution >= 0.6 is 0 Å². The zero-order valence-corrected chi connectivity index (χ0v) is 12.7. The summed E-state index contributed by atoms with van der Waals surface area (Å²) in [4.78, 5) is 8.85. The summed E-state index contributed by atoms with van der Waals surface area (Å²) in [7, 11) is 0. The molecule has 0 aromatic heterocycles. The quantitative estimate of drug-likeness (QED) is 0.620. The fraction of sp³-hybridized carbons (Fsp3) is 0.462. The Morgan fingerprint density at radius 2 is 1.47 bits per heavy atom. The van der Waals surface area contributed by atoms with E-state index in [2.05, 4.69) is 39.0 Å². The van der Waals surface area contributed by atoms with Crippen molar-refractivity contribution in [2.24, 2.45) is 0 Å². The van der Waals surface area contributed by atoms with Crippen molar-refractivity contribution < 1.29 is 4.79 Å². The zero-order chi connectivity index (χ0) is 11.7. The van der Waals surface area contributed by atoms with Crippen molar-refractivity contribution in [3.05, 3.63) is 34.9 Å². The Balaban J connectivity index is 0.000000583. The van der Waals surface area contributed by atoms with Crippen LogP contribution in [0, 0.1) is 0 Å². The second kappa shape index (κ2) is 8.95. The zero-order valence-electron chi connectivity index (χ0n) is 9.84. The van der Waals surface area contributed by atoms with E-state index in [-0.39, 0.29) is 0 Å². The van der Waals surface area contributed by atoms with Crippen LogP contribution in [0.5, 0.6) is 0 Å². The topological polar surface area (TPSA) is 17.1 Å². The van der Waals surface area contributed by atoms with Gasteiger partial charge in [0.1, 0.15) is 0 Å². The third kappa shape index (κ3) is 4.82. The average molecular weight is 310 g/mol. The van der Waals surface area contributed by atoms with Crippen LogP contribution in [0.2, 0.25) is 0 Å². The van der Waals surface area contributed by atoms with Gasteiger partial charge in [0.15, 0.2) is 0 Å². The molecule has 1 aromatic carbocycles. The Bertz CT molecular complexity index is 272. The van der Waals surface area contributed by atoms with Crippen molar-refractivity contribution >= 4 is 26.8 Å². The van der Waals surface area contributed by atoms with Crippen LogP contribution in [0.25, 0.3) is 0 Å². The summed E-state index contributed by atoms with van der Waals surface area (Å²) in [5, 5.41) is 0. The molecule has 0 bridgehead atoms. The van der Waals surface area contributed by atoms with Crippen molar-refractivity contribution in [3.8, 4) is 0 Å². The predicted molar refractivity (Wildman–Crippen MR) is 67.1 cm³/mol. The van der Waals surface area contributed by atoms with Crippen LogP contribution in [0.3, 0.4) is 0 Å². The van der Waals surface area contributed by atoms with E-state index in [1.165, 1.54) is 17.5 Å². The van der Waals surface area contributed by atoms with E-state index < -0.39 is 0 Å². The Hall–Kier alpha value is -0.311. The van der Waals surface area contributed by atoms with Crippen molar-refractivity contribution in [1.82, 2.24) is 0 Å². The summed E-state index contributed by atoms with van der Waals surface area (Å²) in [6.45, 7) is 6.70. The first-order valence-corrected chi connectivity index (χ1v) is 7.10. The van der Waals surface area contributed by atoms with Crippen LogP contribution in [0.4, 0.5) is 0 Å². The van der Waals surface area contributed by atoms with Crippen LogP contribution in [0.1, 0.15) is 37.5 Å². The van der Waals surface area contributed by atoms with Gasteiger partial charge in [-0.3, -0.25) is 0 Å². The molecule has 0 aliphatic heterocycles. The monoisotopic (exact) mass is 311 g/mol. The molecule has 0 unspecified atom stereocenters. The van der Waals surface area contributed by atoms with Gasteiger partial charge in [0.05, 0.1) is 0 Å². The third-order valence-corrected chi connectivity index (χ3v) is 2.49. The van der Waals surface area contributed by atoms with Crippen LogP contribution in [-0.4, -0.2) is 26.8 Å². The van der Waals surface area contributed by atoms with Gasteiger partial charge in [-0.05, 0) is 36.0 Å². The van der Waals surface area contributed by atoms with Gasteiger partial charge in [0.25, 0.3) is 0 Å². The molecule has 0 fully saturated rings. The molecule has 0 saturated heterocycles. The third-order valence-electron chi connectivity index (χ3n) is 2.49. The van der Waals surface area contributed by atoms with Gasteiger partial charge in [0.2, 0.25) is 0 Å². The summed E-state index contributed by atoms with van der Waals surface area (Å²) in [6.07, 6.45) is 3.50. The Morgan fingerprint density at radius 3 is 1.73 bits per heavy atom. The van der Waals surface area contributed by atoms with Gasteiger partial charge in [-0.15, -0.1) is 0 Å². The van der Waals surface area contributed by atoms with E-state index in [1.54, 1.807) is 5.56 Å². The molecule has 2 heteroatoms. The molecular formula is C13H19OSn. The Kier molecular flexibility index (Phi) is 8.77. The molecule has 0 heterocycles. The van der Waals surface area contributed by atoms with E-state index in [9.17, 15) is 0 Å². The number of carbonyl (C=O) groups is 1. The molecule has 0 atom stereocenters. The number of hydrogen-bond acceptors (Lipinski definition) is 1. The van der Waals surface area contributed by atoms with Gasteiger partial charge in [0, 0.05) is 0 Å². The molecule has 3 radical (unpaired) electrons. The van der Waals surface area contributed by atoms with Crippen molar-refractivity contribution in [2.75, 3.05) is 0 Å². The molecular weight excluding hydrogens is 291 g/mol. The molecule has 0 N–H and O–H groups in total. The molecule has 1 aromatic rings. The van der Waals surface area contributed by atoms with Crippen molar-refractivity contribution in [1.29, 1.82) is 0 Å². The molecule has 1 nitrogen and oxygen atoms in total. The van der Waals surface area contributed by atoms with Crippen molar-refractivity contribution in [2.45, 2.75) is 40.0 Å². The van der Waals surface area contributed by atoms with E-state index in [0.717, 1.165) is 39.7 Å². The standard InChI is InChI=1S/C12H18.CHO.Sn/c1-4-10-8-7-9-11(5-2)12(10)6-3;1-2;/h7-9H,4-6H2,1-3H3;1H;. The first kappa shape index (κ1) is 14.7. The van der Waals surface area contributed by atoms with Gasteiger partial charge in [-0.25, -0.2) is 0 Å². The fourth-order valence-corrected chi connectivity index (χ4v) is 1.80. The first-order chi connectivity index (χ1) is 7.24. The molecule has 15 heavy (non-hydrogen) atoms. The first-order valence-electron chi connectivity index (χ1n) is 5.45. The van der Waals surface area contributed by atoms with Crippen LogP contribution in [0.15, 0.2) is 18.2 Å². The SMILES string of the molecule is CCc1cccc(CC)c1CC.O=[CH][Sn]. The normalized spacial score (nSPS) is 9.07. The summed E-state index contributed by atoms with van der Waals surface area (Å²) in [5.41, 5.74) is 4.62. The average Bonchev–Trinajstić information content (AvgIpc) is 2.28. The van der Waals surface area contributed by atoms with Crippen LogP contribution in [-0.2, 0) is 24.1 Å². The maximum atomic E-state index is 8.85. The van der Waals surface area contributed by atoms with E-state index in [4.69, 9.17) is 4.79 Å². The van der Waals surface area contributed by atoms with E-state index in [0.29, 0.717) is 0 Å². The minimum atomic E-state index is 0.840. The number of benzene rings is 1. The van der Waals surface area contributed by atoms with Crippen LogP contribution < -0.4 is 0 Å². The summed E-state index contributed by atoms with van der Waals surface area (Å²) >= 11 is 0.954. The van der Waals surface area contributed by atoms with Crippen molar-refractivity contribution in [3.63, 3.8) is 0 Å². The van der Waals surface area contributed by atoms with E-state index in [1.807, 2.05) is 0 Å². The van der Waals surface area contributed by atoms with E-state index >= 15 is 0 Å². The predicted octanol–water partition coefficient (Wildman–Crippen LogP) is 2.72. The molecule has 0 aliphatic carbocycles. The molecule has 0 amide bonds.